The Balaban J connectivity index is 1.82. The minimum atomic E-state index is 0.775. The van der Waals surface area contributed by atoms with Crippen molar-refractivity contribution >= 4 is 17.0 Å². The maximum Gasteiger partial charge on any atom is 0.190 e. The maximum absolute atomic E-state index is 5.73. The third-order valence-corrected chi connectivity index (χ3v) is 6.88. The van der Waals surface area contributed by atoms with Crippen LogP contribution in [0.4, 0.5) is 5.69 Å². The van der Waals surface area contributed by atoms with Crippen molar-refractivity contribution in [1.82, 2.24) is 14.1 Å². The summed E-state index contributed by atoms with van der Waals surface area (Å²) in [5.41, 5.74) is 5.79. The van der Waals surface area contributed by atoms with Gasteiger partial charge in [-0.3, -0.25) is 0 Å². The number of hydrogen-bond donors (Lipinski definition) is 0. The van der Waals surface area contributed by atoms with Gasteiger partial charge >= 0.3 is 0 Å². The quantitative estimate of drug-likeness (QED) is 0.287. The van der Waals surface area contributed by atoms with Crippen LogP contribution in [0.3, 0.4) is 0 Å². The van der Waals surface area contributed by atoms with Crippen LogP contribution in [0, 0.1) is 0 Å². The standard InChI is InChI=1S/C27H32N4O2S/c1-5-20-9-7-10-21(6-2)26(20)29-27-31(15-8-14-30-16-13-28-19-30)24(18-34-27)23-12-11-22(32-3)17-25(23)33-4/h7,9-13,16-19H,5-6,8,14-15H2,1-4H3. The highest BCUT2D eigenvalue weighted by molar-refractivity contribution is 7.07. The number of rotatable bonds is 10. The first-order valence-corrected chi connectivity index (χ1v) is 12.6. The van der Waals surface area contributed by atoms with Crippen LogP contribution in [0.1, 0.15) is 31.4 Å². The zero-order valence-corrected chi connectivity index (χ0v) is 21.1. The molecule has 0 saturated heterocycles. The summed E-state index contributed by atoms with van der Waals surface area (Å²) in [5.74, 6) is 1.56. The summed E-state index contributed by atoms with van der Waals surface area (Å²) < 4.78 is 15.6. The van der Waals surface area contributed by atoms with Crippen LogP contribution >= 0.6 is 11.3 Å². The van der Waals surface area contributed by atoms with Gasteiger partial charge in [0.05, 0.1) is 31.9 Å². The lowest BCUT2D eigenvalue weighted by Gasteiger charge is -2.14. The number of imidazole rings is 1. The molecule has 0 unspecified atom stereocenters. The van der Waals surface area contributed by atoms with E-state index in [2.05, 4.69) is 57.6 Å². The smallest absolute Gasteiger partial charge is 0.190 e. The fourth-order valence-electron chi connectivity index (χ4n) is 4.15. The number of ether oxygens (including phenoxy) is 2. The second-order valence-corrected chi connectivity index (χ2v) is 8.86. The molecule has 4 rings (SSSR count). The van der Waals surface area contributed by atoms with Crippen LogP contribution in [-0.2, 0) is 25.9 Å². The molecule has 0 spiro atoms. The average Bonchev–Trinajstić information content (AvgIpc) is 3.54. The van der Waals surface area contributed by atoms with E-state index in [4.69, 9.17) is 14.5 Å². The van der Waals surface area contributed by atoms with E-state index in [1.807, 2.05) is 30.9 Å². The summed E-state index contributed by atoms with van der Waals surface area (Å²) in [6.07, 6.45) is 8.56. The van der Waals surface area contributed by atoms with Gasteiger partial charge in [-0.15, -0.1) is 11.3 Å². The molecule has 0 bridgehead atoms. The summed E-state index contributed by atoms with van der Waals surface area (Å²) in [7, 11) is 3.37. The third-order valence-electron chi connectivity index (χ3n) is 6.01. The van der Waals surface area contributed by atoms with Crippen molar-refractivity contribution in [1.29, 1.82) is 0 Å². The van der Waals surface area contributed by atoms with Crippen LogP contribution < -0.4 is 14.3 Å². The van der Waals surface area contributed by atoms with Crippen LogP contribution in [0.2, 0.25) is 0 Å². The molecule has 2 heterocycles. The van der Waals surface area contributed by atoms with E-state index in [9.17, 15) is 0 Å². The Morgan fingerprint density at radius 3 is 2.44 bits per heavy atom. The van der Waals surface area contributed by atoms with Gasteiger partial charge in [-0.1, -0.05) is 32.0 Å². The fraction of sp³-hybridized carbons (Fsp3) is 0.333. The Morgan fingerprint density at radius 1 is 1.00 bits per heavy atom. The van der Waals surface area contributed by atoms with E-state index < -0.39 is 0 Å². The minimum absolute atomic E-state index is 0.775. The number of hydrogen-bond acceptors (Lipinski definition) is 5. The lowest BCUT2D eigenvalue weighted by atomic mass is 10.0. The molecular weight excluding hydrogens is 444 g/mol. The summed E-state index contributed by atoms with van der Waals surface area (Å²) in [6.45, 7) is 6.11. The number of aromatic nitrogens is 3. The molecule has 0 atom stereocenters. The topological polar surface area (TPSA) is 53.6 Å². The highest BCUT2D eigenvalue weighted by atomic mass is 32.1. The predicted octanol–water partition coefficient (Wildman–Crippen LogP) is 5.88. The van der Waals surface area contributed by atoms with Crippen molar-refractivity contribution in [2.24, 2.45) is 4.99 Å². The molecule has 2 aromatic carbocycles. The first-order chi connectivity index (χ1) is 16.7. The van der Waals surface area contributed by atoms with E-state index in [1.54, 1.807) is 25.6 Å². The lowest BCUT2D eigenvalue weighted by molar-refractivity contribution is 0.395. The largest absolute Gasteiger partial charge is 0.497 e. The normalized spacial score (nSPS) is 11.7. The molecular formula is C27H32N4O2S. The molecule has 0 radical (unpaired) electrons. The molecule has 34 heavy (non-hydrogen) atoms. The second kappa shape index (κ2) is 11.2. The summed E-state index contributed by atoms with van der Waals surface area (Å²) in [6, 6.07) is 12.5. The Bertz CT molecular complexity index is 1270. The van der Waals surface area contributed by atoms with Crippen molar-refractivity contribution in [2.45, 2.75) is 46.2 Å². The van der Waals surface area contributed by atoms with Crippen LogP contribution in [0.15, 0.2) is 65.5 Å². The van der Waals surface area contributed by atoms with Crippen molar-refractivity contribution in [3.63, 3.8) is 0 Å². The van der Waals surface area contributed by atoms with E-state index in [1.165, 1.54) is 11.1 Å². The minimum Gasteiger partial charge on any atom is -0.497 e. The molecule has 0 amide bonds. The van der Waals surface area contributed by atoms with Gasteiger partial charge in [0.15, 0.2) is 4.80 Å². The van der Waals surface area contributed by atoms with Gasteiger partial charge in [0, 0.05) is 42.5 Å². The van der Waals surface area contributed by atoms with Gasteiger partial charge in [0.25, 0.3) is 0 Å². The maximum atomic E-state index is 5.73. The number of para-hydroxylation sites is 1. The first kappa shape index (κ1) is 23.8. The van der Waals surface area contributed by atoms with Gasteiger partial charge in [-0.2, -0.15) is 0 Å². The van der Waals surface area contributed by atoms with E-state index in [-0.39, 0.29) is 0 Å². The molecule has 6 nitrogen and oxygen atoms in total. The van der Waals surface area contributed by atoms with Gasteiger partial charge in [-0.05, 0) is 42.5 Å². The monoisotopic (exact) mass is 476 g/mol. The SMILES string of the molecule is CCc1cccc(CC)c1N=c1scc(-c2ccc(OC)cc2OC)n1CCCn1ccnc1. The van der Waals surface area contributed by atoms with Gasteiger partial charge in [0.1, 0.15) is 11.5 Å². The van der Waals surface area contributed by atoms with Crippen molar-refractivity contribution in [3.05, 3.63) is 76.4 Å². The molecule has 0 aliphatic carbocycles. The molecule has 0 aliphatic heterocycles. The first-order valence-electron chi connectivity index (χ1n) is 11.7. The molecule has 0 N–H and O–H groups in total. The Morgan fingerprint density at radius 2 is 1.79 bits per heavy atom. The van der Waals surface area contributed by atoms with Gasteiger partial charge in [0.2, 0.25) is 0 Å². The molecule has 7 heteroatoms. The van der Waals surface area contributed by atoms with Crippen LogP contribution in [-0.4, -0.2) is 28.3 Å². The zero-order valence-electron chi connectivity index (χ0n) is 20.3. The van der Waals surface area contributed by atoms with E-state index >= 15 is 0 Å². The molecule has 4 aromatic rings. The number of aryl methyl sites for hydroxylation is 3. The number of nitrogens with zero attached hydrogens (tertiary/aromatic N) is 4. The van der Waals surface area contributed by atoms with E-state index in [0.29, 0.717) is 0 Å². The van der Waals surface area contributed by atoms with Crippen molar-refractivity contribution < 1.29 is 9.47 Å². The lowest BCUT2D eigenvalue weighted by Crippen LogP contribution is -2.17. The number of thiazole rings is 1. The number of benzene rings is 2. The predicted molar refractivity (Wildman–Crippen MR) is 138 cm³/mol. The van der Waals surface area contributed by atoms with Crippen molar-refractivity contribution in [3.8, 4) is 22.8 Å². The molecule has 0 fully saturated rings. The Hall–Kier alpha value is -3.32. The second-order valence-electron chi connectivity index (χ2n) is 8.02. The molecule has 178 valence electrons. The molecule has 2 aromatic heterocycles. The Labute approximate surface area is 205 Å². The molecule has 0 aliphatic rings. The summed E-state index contributed by atoms with van der Waals surface area (Å²) in [4.78, 5) is 10.4. The third kappa shape index (κ3) is 5.09. The van der Waals surface area contributed by atoms with E-state index in [0.717, 1.165) is 65.6 Å². The summed E-state index contributed by atoms with van der Waals surface area (Å²) >= 11 is 1.67. The highest BCUT2D eigenvalue weighted by Gasteiger charge is 2.15. The van der Waals surface area contributed by atoms with Crippen LogP contribution in [0.5, 0.6) is 11.5 Å². The highest BCUT2D eigenvalue weighted by Crippen LogP contribution is 2.34. The van der Waals surface area contributed by atoms with Gasteiger partial charge < -0.3 is 18.6 Å². The van der Waals surface area contributed by atoms with Crippen molar-refractivity contribution in [2.75, 3.05) is 14.2 Å². The average molecular weight is 477 g/mol. The summed E-state index contributed by atoms with van der Waals surface area (Å²) in [5, 5.41) is 2.18. The Kier molecular flexibility index (Phi) is 7.85. The van der Waals surface area contributed by atoms with Crippen LogP contribution in [0.25, 0.3) is 11.3 Å². The zero-order chi connectivity index (χ0) is 23.9. The fourth-order valence-corrected chi connectivity index (χ4v) is 5.08. The molecule has 0 saturated carbocycles. The van der Waals surface area contributed by atoms with Gasteiger partial charge in [-0.25, -0.2) is 9.98 Å². The number of methoxy groups -OCH3 is 2.